The zero-order valence-corrected chi connectivity index (χ0v) is 9.71. The normalized spacial score (nSPS) is 14.3. The minimum absolute atomic E-state index is 0.667. The van der Waals surface area contributed by atoms with Crippen LogP contribution in [-0.4, -0.2) is 16.5 Å². The average molecular weight is 215 g/mol. The fourth-order valence-corrected chi connectivity index (χ4v) is 2.07. The third-order valence-electron chi connectivity index (χ3n) is 2.90. The summed E-state index contributed by atoms with van der Waals surface area (Å²) in [6.45, 7) is 2.52. The number of nitrogens with one attached hydrogen (secondary N) is 1. The summed E-state index contributed by atoms with van der Waals surface area (Å²) in [7, 11) is 0. The lowest BCUT2D eigenvalue weighted by molar-refractivity contribution is 0.709. The molecule has 0 bridgehead atoms. The van der Waals surface area contributed by atoms with Crippen LogP contribution in [0.1, 0.15) is 37.4 Å². The van der Waals surface area contributed by atoms with E-state index in [4.69, 9.17) is 0 Å². The van der Waals surface area contributed by atoms with E-state index in [2.05, 4.69) is 27.1 Å². The van der Waals surface area contributed by atoms with Gasteiger partial charge < -0.3 is 5.32 Å². The summed E-state index contributed by atoms with van der Waals surface area (Å²) in [5.74, 6) is 6.85. The molecule has 0 saturated heterocycles. The maximum Gasteiger partial charge on any atom is 0.133 e. The third kappa shape index (κ3) is 2.52. The molecule has 2 rings (SSSR count). The fraction of sp³-hybridized carbons (Fsp3) is 0.538. The van der Waals surface area contributed by atoms with Gasteiger partial charge in [-0.2, -0.15) is 0 Å². The van der Waals surface area contributed by atoms with Crippen LogP contribution >= 0.6 is 0 Å². The molecule has 0 spiro atoms. The summed E-state index contributed by atoms with van der Waals surface area (Å²) in [5.41, 5.74) is 2.53. The monoisotopic (exact) mass is 215 g/mol. The van der Waals surface area contributed by atoms with Gasteiger partial charge in [-0.1, -0.05) is 12.3 Å². The average Bonchev–Trinajstić information content (AvgIpc) is 2.55. The largest absolute Gasteiger partial charge is 0.359 e. The van der Waals surface area contributed by atoms with Gasteiger partial charge in [0.2, 0.25) is 0 Å². The van der Waals surface area contributed by atoms with Crippen LogP contribution in [-0.2, 0) is 12.8 Å². The van der Waals surface area contributed by atoms with E-state index in [1.807, 2.05) is 6.92 Å². The Bertz CT molecular complexity index is 415. The second-order valence-electron chi connectivity index (χ2n) is 3.99. The van der Waals surface area contributed by atoms with Crippen molar-refractivity contribution in [2.75, 3.05) is 11.9 Å². The maximum atomic E-state index is 4.38. The van der Waals surface area contributed by atoms with Crippen molar-refractivity contribution in [1.82, 2.24) is 9.97 Å². The highest BCUT2D eigenvalue weighted by Gasteiger charge is 2.13. The van der Waals surface area contributed by atoms with Crippen molar-refractivity contribution in [3.05, 3.63) is 17.6 Å². The van der Waals surface area contributed by atoms with Crippen molar-refractivity contribution in [2.24, 2.45) is 0 Å². The van der Waals surface area contributed by atoms with Crippen molar-refractivity contribution in [3.63, 3.8) is 0 Å². The molecule has 1 aliphatic rings. The molecule has 84 valence electrons. The Balaban J connectivity index is 2.19. The summed E-state index contributed by atoms with van der Waals surface area (Å²) in [6, 6.07) is 0. The van der Waals surface area contributed by atoms with Crippen LogP contribution < -0.4 is 5.32 Å². The number of hydrogen-bond acceptors (Lipinski definition) is 3. The van der Waals surface area contributed by atoms with E-state index in [1.54, 1.807) is 6.33 Å². The molecule has 16 heavy (non-hydrogen) atoms. The number of anilines is 1. The Hall–Kier alpha value is -1.56. The topological polar surface area (TPSA) is 37.8 Å². The van der Waals surface area contributed by atoms with Gasteiger partial charge in [0.05, 0.1) is 6.54 Å². The first-order chi connectivity index (χ1) is 7.92. The van der Waals surface area contributed by atoms with E-state index in [0.717, 1.165) is 18.7 Å². The zero-order chi connectivity index (χ0) is 11.2. The molecule has 0 saturated carbocycles. The van der Waals surface area contributed by atoms with Crippen molar-refractivity contribution in [2.45, 2.75) is 39.0 Å². The van der Waals surface area contributed by atoms with Crippen LogP contribution in [0, 0.1) is 11.8 Å². The number of rotatable bonds is 2. The SMILES string of the molecule is CC#CCNc1ncnc2c1CCCCC2. The summed E-state index contributed by atoms with van der Waals surface area (Å²) in [5, 5.41) is 3.28. The molecule has 1 aliphatic carbocycles. The smallest absolute Gasteiger partial charge is 0.133 e. The standard InChI is InChI=1S/C13H17N3/c1-2-3-9-14-13-11-7-5-4-6-8-12(11)15-10-16-13/h10H,4-9H2,1H3,(H,14,15,16). The lowest BCUT2D eigenvalue weighted by Gasteiger charge is -2.10. The van der Waals surface area contributed by atoms with Crippen LogP contribution in [0.2, 0.25) is 0 Å². The summed E-state index contributed by atoms with van der Waals surface area (Å²) < 4.78 is 0. The molecule has 3 nitrogen and oxygen atoms in total. The predicted octanol–water partition coefficient (Wildman–Crippen LogP) is 2.18. The van der Waals surface area contributed by atoms with Gasteiger partial charge in [0.15, 0.2) is 0 Å². The molecule has 0 aliphatic heterocycles. The molecule has 0 atom stereocenters. The maximum absolute atomic E-state index is 4.38. The Kier molecular flexibility index (Phi) is 3.76. The van der Waals surface area contributed by atoms with Gasteiger partial charge in [0.25, 0.3) is 0 Å². The minimum Gasteiger partial charge on any atom is -0.359 e. The lowest BCUT2D eigenvalue weighted by Crippen LogP contribution is -2.08. The third-order valence-corrected chi connectivity index (χ3v) is 2.90. The molecule has 3 heteroatoms. The highest BCUT2D eigenvalue weighted by molar-refractivity contribution is 5.47. The molecular weight excluding hydrogens is 198 g/mol. The van der Waals surface area contributed by atoms with E-state index in [-0.39, 0.29) is 0 Å². The van der Waals surface area contributed by atoms with Crippen molar-refractivity contribution in [1.29, 1.82) is 0 Å². The van der Waals surface area contributed by atoms with Gasteiger partial charge in [-0.05, 0) is 32.6 Å². The molecule has 0 aromatic carbocycles. The van der Waals surface area contributed by atoms with Gasteiger partial charge in [-0.15, -0.1) is 5.92 Å². The molecule has 0 fully saturated rings. The number of aryl methyl sites for hydroxylation is 1. The van der Waals surface area contributed by atoms with E-state index < -0.39 is 0 Å². The molecule has 1 N–H and O–H groups in total. The summed E-state index contributed by atoms with van der Waals surface area (Å²) >= 11 is 0. The molecule has 1 aromatic rings. The number of aromatic nitrogens is 2. The van der Waals surface area contributed by atoms with Gasteiger partial charge in [0.1, 0.15) is 12.1 Å². The van der Waals surface area contributed by atoms with Gasteiger partial charge >= 0.3 is 0 Å². The van der Waals surface area contributed by atoms with E-state index >= 15 is 0 Å². The Morgan fingerprint density at radius 3 is 3.00 bits per heavy atom. The zero-order valence-electron chi connectivity index (χ0n) is 9.71. The quantitative estimate of drug-likeness (QED) is 0.607. The highest BCUT2D eigenvalue weighted by atomic mass is 15.0. The van der Waals surface area contributed by atoms with Crippen LogP contribution in [0.5, 0.6) is 0 Å². The van der Waals surface area contributed by atoms with Crippen molar-refractivity contribution >= 4 is 5.82 Å². The van der Waals surface area contributed by atoms with Crippen LogP contribution in [0.4, 0.5) is 5.82 Å². The van der Waals surface area contributed by atoms with Gasteiger partial charge in [-0.25, -0.2) is 9.97 Å². The van der Waals surface area contributed by atoms with E-state index in [9.17, 15) is 0 Å². The first-order valence-corrected chi connectivity index (χ1v) is 5.88. The molecular formula is C13H17N3. The number of fused-ring (bicyclic) bond motifs is 1. The molecule has 1 heterocycles. The van der Waals surface area contributed by atoms with Crippen molar-refractivity contribution in [3.8, 4) is 11.8 Å². The lowest BCUT2D eigenvalue weighted by atomic mass is 10.1. The molecule has 0 amide bonds. The summed E-state index contributed by atoms with van der Waals surface area (Å²) in [4.78, 5) is 8.70. The van der Waals surface area contributed by atoms with Crippen LogP contribution in [0.15, 0.2) is 6.33 Å². The van der Waals surface area contributed by atoms with Crippen LogP contribution in [0.25, 0.3) is 0 Å². The molecule has 1 aromatic heterocycles. The van der Waals surface area contributed by atoms with E-state index in [0.29, 0.717) is 6.54 Å². The minimum atomic E-state index is 0.667. The first-order valence-electron chi connectivity index (χ1n) is 5.88. The summed E-state index contributed by atoms with van der Waals surface area (Å²) in [6.07, 6.45) is 7.63. The second kappa shape index (κ2) is 5.50. The van der Waals surface area contributed by atoms with E-state index in [1.165, 1.54) is 30.5 Å². The first kappa shape index (κ1) is 10.9. The Labute approximate surface area is 96.7 Å². The van der Waals surface area contributed by atoms with Crippen molar-refractivity contribution < 1.29 is 0 Å². The number of nitrogens with zero attached hydrogens (tertiary/aromatic N) is 2. The Morgan fingerprint density at radius 1 is 1.25 bits per heavy atom. The predicted molar refractivity (Wildman–Crippen MR) is 65.2 cm³/mol. The van der Waals surface area contributed by atoms with Gasteiger partial charge in [0, 0.05) is 11.3 Å². The second-order valence-corrected chi connectivity index (χ2v) is 3.99. The molecule has 0 radical (unpaired) electrons. The number of hydrogen-bond donors (Lipinski definition) is 1. The fourth-order valence-electron chi connectivity index (χ4n) is 2.07. The molecule has 0 unspecified atom stereocenters. The van der Waals surface area contributed by atoms with Gasteiger partial charge in [-0.3, -0.25) is 0 Å². The Morgan fingerprint density at radius 2 is 2.12 bits per heavy atom. The highest BCUT2D eigenvalue weighted by Crippen LogP contribution is 2.23. The van der Waals surface area contributed by atoms with Crippen LogP contribution in [0.3, 0.4) is 0 Å².